The van der Waals surface area contributed by atoms with E-state index in [9.17, 15) is 8.42 Å². The first-order valence-electron chi connectivity index (χ1n) is 6.81. The molecule has 0 amide bonds. The van der Waals surface area contributed by atoms with E-state index in [1.807, 2.05) is 20.8 Å². The van der Waals surface area contributed by atoms with Crippen LogP contribution in [-0.2, 0) is 10.0 Å². The molecule has 0 aliphatic carbocycles. The summed E-state index contributed by atoms with van der Waals surface area (Å²) in [7, 11) is -3.61. The Morgan fingerprint density at radius 1 is 1.20 bits per heavy atom. The molecule has 0 radical (unpaired) electrons. The van der Waals surface area contributed by atoms with Crippen molar-refractivity contribution in [1.29, 1.82) is 0 Å². The monoisotopic (exact) mass is 298 g/mol. The van der Waals surface area contributed by atoms with Crippen molar-refractivity contribution in [3.05, 3.63) is 24.3 Å². The van der Waals surface area contributed by atoms with Gasteiger partial charge in [0.2, 0.25) is 0 Å². The lowest BCUT2D eigenvalue weighted by molar-refractivity contribution is 0.340. The van der Waals surface area contributed by atoms with Gasteiger partial charge in [-0.2, -0.15) is 13.5 Å². The Morgan fingerprint density at radius 2 is 1.80 bits per heavy atom. The van der Waals surface area contributed by atoms with E-state index in [4.69, 9.17) is 4.74 Å². The molecule has 0 heterocycles. The van der Waals surface area contributed by atoms with Gasteiger partial charge in [0.25, 0.3) is 10.0 Å². The lowest BCUT2D eigenvalue weighted by Crippen LogP contribution is -2.19. The predicted octanol–water partition coefficient (Wildman–Crippen LogP) is 2.79. The Morgan fingerprint density at radius 3 is 2.30 bits per heavy atom. The maximum Gasteiger partial charge on any atom is 0.276 e. The van der Waals surface area contributed by atoms with Gasteiger partial charge >= 0.3 is 0 Å². The summed E-state index contributed by atoms with van der Waals surface area (Å²) in [4.78, 5) is 2.40. The lowest BCUT2D eigenvalue weighted by Gasteiger charge is -2.07. The molecule has 112 valence electrons. The Bertz CT molecular complexity index is 520. The zero-order valence-corrected chi connectivity index (χ0v) is 13.0. The van der Waals surface area contributed by atoms with Crippen LogP contribution in [0.25, 0.3) is 0 Å². The average Bonchev–Trinajstić information content (AvgIpc) is 2.44. The average molecular weight is 298 g/mol. The molecule has 0 aromatic heterocycles. The molecule has 1 aromatic rings. The van der Waals surface area contributed by atoms with Crippen LogP contribution < -0.4 is 9.57 Å². The largest absolute Gasteiger partial charge is 0.494 e. The SMILES string of the molecule is CCOc1ccc(S(=O)(=O)NN=CC(CC)CC)cc1. The van der Waals surface area contributed by atoms with Gasteiger partial charge < -0.3 is 4.74 Å². The van der Waals surface area contributed by atoms with Gasteiger partial charge in [-0.3, -0.25) is 0 Å². The topological polar surface area (TPSA) is 67.8 Å². The van der Waals surface area contributed by atoms with Crippen LogP contribution in [0.2, 0.25) is 0 Å². The number of hydrazone groups is 1. The highest BCUT2D eigenvalue weighted by molar-refractivity contribution is 7.89. The fraction of sp³-hybridized carbons (Fsp3) is 0.500. The zero-order valence-electron chi connectivity index (χ0n) is 12.2. The molecule has 0 aliphatic heterocycles. The predicted molar refractivity (Wildman–Crippen MR) is 80.5 cm³/mol. The Kier molecular flexibility index (Phi) is 6.51. The molecule has 0 saturated carbocycles. The van der Waals surface area contributed by atoms with E-state index in [1.54, 1.807) is 18.3 Å². The standard InChI is InChI=1S/C14H22N2O3S/c1-4-12(5-2)11-15-16-20(17,18)14-9-7-13(8-10-14)19-6-3/h7-12,16H,4-6H2,1-3H3. The van der Waals surface area contributed by atoms with Crippen LogP contribution in [0.5, 0.6) is 5.75 Å². The molecule has 1 aromatic carbocycles. The second kappa shape index (κ2) is 7.89. The van der Waals surface area contributed by atoms with Crippen molar-refractivity contribution >= 4 is 16.2 Å². The molecule has 1 rings (SSSR count). The van der Waals surface area contributed by atoms with Crippen LogP contribution in [0.4, 0.5) is 0 Å². The van der Waals surface area contributed by atoms with E-state index in [0.29, 0.717) is 12.4 Å². The van der Waals surface area contributed by atoms with Crippen LogP contribution in [0.15, 0.2) is 34.3 Å². The normalized spacial score (nSPS) is 12.0. The van der Waals surface area contributed by atoms with Crippen molar-refractivity contribution in [2.24, 2.45) is 11.0 Å². The van der Waals surface area contributed by atoms with Crippen LogP contribution in [-0.4, -0.2) is 21.2 Å². The van der Waals surface area contributed by atoms with Crippen molar-refractivity contribution in [3.8, 4) is 5.75 Å². The molecule has 0 aliphatic rings. The van der Waals surface area contributed by atoms with E-state index < -0.39 is 10.0 Å². The third-order valence-electron chi connectivity index (χ3n) is 2.95. The number of benzene rings is 1. The molecule has 0 bridgehead atoms. The van der Waals surface area contributed by atoms with Gasteiger partial charge in [0.15, 0.2) is 0 Å². The molecular formula is C14H22N2O3S. The van der Waals surface area contributed by atoms with E-state index in [-0.39, 0.29) is 10.8 Å². The molecule has 0 unspecified atom stereocenters. The van der Waals surface area contributed by atoms with E-state index in [1.165, 1.54) is 12.1 Å². The smallest absolute Gasteiger partial charge is 0.276 e. The summed E-state index contributed by atoms with van der Waals surface area (Å²) in [6.45, 7) is 6.51. The maximum absolute atomic E-state index is 12.0. The van der Waals surface area contributed by atoms with Crippen LogP contribution in [0.1, 0.15) is 33.6 Å². The summed E-state index contributed by atoms with van der Waals surface area (Å²) >= 11 is 0. The summed E-state index contributed by atoms with van der Waals surface area (Å²) in [5.74, 6) is 0.935. The summed E-state index contributed by atoms with van der Waals surface area (Å²) in [5, 5.41) is 3.83. The molecular weight excluding hydrogens is 276 g/mol. The number of nitrogens with one attached hydrogen (secondary N) is 1. The van der Waals surface area contributed by atoms with Gasteiger partial charge in [-0.1, -0.05) is 13.8 Å². The molecule has 0 fully saturated rings. The van der Waals surface area contributed by atoms with E-state index in [2.05, 4.69) is 9.93 Å². The Labute approximate surface area is 121 Å². The fourth-order valence-electron chi connectivity index (χ4n) is 1.64. The van der Waals surface area contributed by atoms with Gasteiger partial charge in [0.1, 0.15) is 5.75 Å². The molecule has 1 N–H and O–H groups in total. The van der Waals surface area contributed by atoms with Gasteiger partial charge in [-0.15, -0.1) is 0 Å². The van der Waals surface area contributed by atoms with Gasteiger partial charge in [0.05, 0.1) is 11.5 Å². The summed E-state index contributed by atoms with van der Waals surface area (Å²) in [6.07, 6.45) is 3.52. The molecule has 0 saturated heterocycles. The third-order valence-corrected chi connectivity index (χ3v) is 4.19. The lowest BCUT2D eigenvalue weighted by atomic mass is 10.1. The number of nitrogens with zero attached hydrogens (tertiary/aromatic N) is 1. The first-order valence-corrected chi connectivity index (χ1v) is 8.29. The van der Waals surface area contributed by atoms with Crippen molar-refractivity contribution < 1.29 is 13.2 Å². The second-order valence-corrected chi connectivity index (χ2v) is 6.01. The molecule has 0 atom stereocenters. The van der Waals surface area contributed by atoms with Crippen LogP contribution in [0.3, 0.4) is 0 Å². The van der Waals surface area contributed by atoms with Crippen LogP contribution >= 0.6 is 0 Å². The minimum absolute atomic E-state index is 0.169. The minimum atomic E-state index is -3.61. The number of hydrogen-bond donors (Lipinski definition) is 1. The second-order valence-electron chi connectivity index (χ2n) is 4.35. The van der Waals surface area contributed by atoms with Gasteiger partial charge in [-0.05, 0) is 49.9 Å². The first kappa shape index (κ1) is 16.5. The van der Waals surface area contributed by atoms with E-state index in [0.717, 1.165) is 12.8 Å². The van der Waals surface area contributed by atoms with Crippen molar-refractivity contribution in [2.75, 3.05) is 6.61 Å². The first-order chi connectivity index (χ1) is 9.53. The Hall–Kier alpha value is -1.56. The number of hydrogen-bond acceptors (Lipinski definition) is 4. The quantitative estimate of drug-likeness (QED) is 0.592. The minimum Gasteiger partial charge on any atom is -0.494 e. The molecule has 0 spiro atoms. The third kappa shape index (κ3) is 4.85. The summed E-state index contributed by atoms with van der Waals surface area (Å²) in [5.41, 5.74) is 0. The van der Waals surface area contributed by atoms with Gasteiger partial charge in [0, 0.05) is 6.21 Å². The van der Waals surface area contributed by atoms with Crippen LogP contribution in [0, 0.1) is 5.92 Å². The summed E-state index contributed by atoms with van der Waals surface area (Å²) in [6, 6.07) is 6.26. The summed E-state index contributed by atoms with van der Waals surface area (Å²) < 4.78 is 29.3. The Balaban J connectivity index is 2.73. The van der Waals surface area contributed by atoms with Crippen molar-refractivity contribution in [3.63, 3.8) is 0 Å². The fourth-order valence-corrected chi connectivity index (χ4v) is 2.44. The van der Waals surface area contributed by atoms with Gasteiger partial charge in [-0.25, -0.2) is 4.83 Å². The number of ether oxygens (including phenoxy) is 1. The number of sulfonamides is 1. The highest BCUT2D eigenvalue weighted by Gasteiger charge is 2.12. The zero-order chi connectivity index (χ0) is 15.0. The highest BCUT2D eigenvalue weighted by Crippen LogP contribution is 2.15. The molecule has 5 nitrogen and oxygen atoms in total. The van der Waals surface area contributed by atoms with Crippen molar-refractivity contribution in [2.45, 2.75) is 38.5 Å². The maximum atomic E-state index is 12.0. The van der Waals surface area contributed by atoms with Crippen molar-refractivity contribution in [1.82, 2.24) is 4.83 Å². The number of rotatable bonds is 8. The molecule has 6 heteroatoms. The molecule has 20 heavy (non-hydrogen) atoms. The van der Waals surface area contributed by atoms with E-state index >= 15 is 0 Å². The highest BCUT2D eigenvalue weighted by atomic mass is 32.2.